The highest BCUT2D eigenvalue weighted by Crippen LogP contribution is 2.22. The van der Waals surface area contributed by atoms with Gasteiger partial charge in [-0.15, -0.1) is 0 Å². The van der Waals surface area contributed by atoms with Gasteiger partial charge in [-0.3, -0.25) is 0 Å². The van der Waals surface area contributed by atoms with Crippen LogP contribution in [0.5, 0.6) is 0 Å². The molecule has 1 nitrogen and oxygen atoms in total. The summed E-state index contributed by atoms with van der Waals surface area (Å²) in [4.78, 5) is 0. The molecule has 0 radical (unpaired) electrons. The predicted molar refractivity (Wildman–Crippen MR) is 60.3 cm³/mol. The molecule has 12 heavy (non-hydrogen) atoms. The Morgan fingerprint density at radius 1 is 0.917 bits per heavy atom. The minimum Gasteiger partial charge on any atom is -0.326 e. The van der Waals surface area contributed by atoms with E-state index in [9.17, 15) is 0 Å². The van der Waals surface area contributed by atoms with Crippen molar-refractivity contribution in [2.75, 3.05) is 13.1 Å². The normalized spacial score (nSPS) is 12.5. The summed E-state index contributed by atoms with van der Waals surface area (Å²) in [6, 6.07) is 0. The Labute approximate surface area is 79.8 Å². The van der Waals surface area contributed by atoms with Crippen LogP contribution in [0.2, 0.25) is 11.1 Å². The lowest BCUT2D eigenvalue weighted by Gasteiger charge is -2.34. The van der Waals surface area contributed by atoms with E-state index >= 15 is 0 Å². The average molecular weight is 187 g/mol. The van der Waals surface area contributed by atoms with Gasteiger partial charge in [0.25, 0.3) is 0 Å². The third-order valence-corrected chi connectivity index (χ3v) is 6.91. The SMILES string of the molecule is CCN(CC)[SiH](C(C)C)C(C)C. The number of nitrogens with zero attached hydrogens (tertiary/aromatic N) is 1. The van der Waals surface area contributed by atoms with Gasteiger partial charge in [0.1, 0.15) is 8.96 Å². The van der Waals surface area contributed by atoms with Gasteiger partial charge in [-0.05, 0) is 24.2 Å². The van der Waals surface area contributed by atoms with E-state index in [1.54, 1.807) is 0 Å². The van der Waals surface area contributed by atoms with Crippen molar-refractivity contribution in [2.24, 2.45) is 0 Å². The molecule has 0 heterocycles. The Balaban J connectivity index is 4.26. The van der Waals surface area contributed by atoms with Crippen molar-refractivity contribution in [3.63, 3.8) is 0 Å². The first kappa shape index (κ1) is 12.2. The molecular formula is C10H25NSi. The van der Waals surface area contributed by atoms with Crippen LogP contribution in [0.25, 0.3) is 0 Å². The van der Waals surface area contributed by atoms with Crippen molar-refractivity contribution in [1.29, 1.82) is 0 Å². The van der Waals surface area contributed by atoms with Crippen LogP contribution in [0, 0.1) is 0 Å². The van der Waals surface area contributed by atoms with Crippen LogP contribution in [-0.2, 0) is 0 Å². The van der Waals surface area contributed by atoms with E-state index in [1.165, 1.54) is 13.1 Å². The lowest BCUT2D eigenvalue weighted by Crippen LogP contribution is -2.43. The molecule has 0 spiro atoms. The van der Waals surface area contributed by atoms with Crippen LogP contribution in [0.4, 0.5) is 0 Å². The first-order valence-corrected chi connectivity index (χ1v) is 7.13. The van der Waals surface area contributed by atoms with E-state index in [1.807, 2.05) is 0 Å². The van der Waals surface area contributed by atoms with Crippen LogP contribution in [-0.4, -0.2) is 26.6 Å². The van der Waals surface area contributed by atoms with Gasteiger partial charge in [0.15, 0.2) is 0 Å². The zero-order valence-corrected chi connectivity index (χ0v) is 10.7. The monoisotopic (exact) mass is 187 g/mol. The van der Waals surface area contributed by atoms with E-state index in [0.29, 0.717) is 0 Å². The van der Waals surface area contributed by atoms with E-state index in [0.717, 1.165) is 11.1 Å². The first-order valence-electron chi connectivity index (χ1n) is 5.28. The minimum absolute atomic E-state index is 0.662. The van der Waals surface area contributed by atoms with Crippen LogP contribution in [0.15, 0.2) is 0 Å². The Morgan fingerprint density at radius 2 is 1.25 bits per heavy atom. The highest BCUT2D eigenvalue weighted by Gasteiger charge is 2.24. The summed E-state index contributed by atoms with van der Waals surface area (Å²) in [6.07, 6.45) is 0. The zero-order chi connectivity index (χ0) is 9.72. The maximum absolute atomic E-state index is 2.70. The summed E-state index contributed by atoms with van der Waals surface area (Å²) in [6.45, 7) is 16.6. The molecule has 0 amide bonds. The minimum atomic E-state index is -0.662. The fourth-order valence-electron chi connectivity index (χ4n) is 2.26. The smallest absolute Gasteiger partial charge is 0.116 e. The molecular weight excluding hydrogens is 162 g/mol. The summed E-state index contributed by atoms with van der Waals surface area (Å²) in [5, 5.41) is 0. The van der Waals surface area contributed by atoms with Crippen molar-refractivity contribution in [3.8, 4) is 0 Å². The van der Waals surface area contributed by atoms with Gasteiger partial charge < -0.3 is 4.57 Å². The van der Waals surface area contributed by atoms with Gasteiger partial charge in [0, 0.05) is 0 Å². The fourth-order valence-corrected chi connectivity index (χ4v) is 6.33. The lowest BCUT2D eigenvalue weighted by molar-refractivity contribution is 0.461. The van der Waals surface area contributed by atoms with Gasteiger partial charge in [-0.25, -0.2) is 0 Å². The van der Waals surface area contributed by atoms with Gasteiger partial charge >= 0.3 is 0 Å². The molecule has 0 N–H and O–H groups in total. The highest BCUT2D eigenvalue weighted by atomic mass is 28.3. The molecule has 0 bridgehead atoms. The van der Waals surface area contributed by atoms with E-state index in [-0.39, 0.29) is 0 Å². The second-order valence-electron chi connectivity index (χ2n) is 4.20. The Hall–Kier alpha value is 0.177. The Kier molecular flexibility index (Phi) is 5.84. The van der Waals surface area contributed by atoms with Gasteiger partial charge in [-0.2, -0.15) is 0 Å². The second kappa shape index (κ2) is 5.76. The fraction of sp³-hybridized carbons (Fsp3) is 1.00. The standard InChI is InChI=1S/C10H25NSi/c1-7-11(8-2)12(9(3)4)10(5)6/h9-10,12H,7-8H2,1-6H3. The molecule has 0 aromatic rings. The van der Waals surface area contributed by atoms with Crippen molar-refractivity contribution in [1.82, 2.24) is 4.57 Å². The number of hydrogen-bond acceptors (Lipinski definition) is 1. The molecule has 0 aromatic carbocycles. The van der Waals surface area contributed by atoms with Crippen LogP contribution in [0.3, 0.4) is 0 Å². The molecule has 0 unspecified atom stereocenters. The largest absolute Gasteiger partial charge is 0.326 e. The average Bonchev–Trinajstić information content (AvgIpc) is 1.98. The third-order valence-electron chi connectivity index (χ3n) is 2.60. The maximum Gasteiger partial charge on any atom is 0.116 e. The maximum atomic E-state index is 2.70. The molecule has 2 heteroatoms. The van der Waals surface area contributed by atoms with Gasteiger partial charge in [0.2, 0.25) is 0 Å². The van der Waals surface area contributed by atoms with Crippen molar-refractivity contribution in [2.45, 2.75) is 52.6 Å². The molecule has 0 saturated carbocycles. The number of hydrogen-bond donors (Lipinski definition) is 0. The van der Waals surface area contributed by atoms with E-state index < -0.39 is 8.96 Å². The summed E-state index contributed by atoms with van der Waals surface area (Å²) in [5.74, 6) is 0. The quantitative estimate of drug-likeness (QED) is 0.598. The second-order valence-corrected chi connectivity index (χ2v) is 8.58. The topological polar surface area (TPSA) is 3.24 Å². The molecule has 0 aliphatic carbocycles. The Morgan fingerprint density at radius 3 is 1.33 bits per heavy atom. The summed E-state index contributed by atoms with van der Waals surface area (Å²) in [5.41, 5.74) is 1.81. The van der Waals surface area contributed by atoms with Crippen LogP contribution in [0.1, 0.15) is 41.5 Å². The zero-order valence-electron chi connectivity index (χ0n) is 9.59. The summed E-state index contributed by atoms with van der Waals surface area (Å²) < 4.78 is 2.70. The van der Waals surface area contributed by atoms with E-state index in [4.69, 9.17) is 0 Å². The van der Waals surface area contributed by atoms with E-state index in [2.05, 4.69) is 46.1 Å². The molecule has 0 aliphatic heterocycles. The molecule has 0 saturated heterocycles. The third kappa shape index (κ3) is 3.28. The lowest BCUT2D eigenvalue weighted by atomic mass is 10.5. The van der Waals surface area contributed by atoms with Crippen molar-refractivity contribution in [3.05, 3.63) is 0 Å². The first-order chi connectivity index (χ1) is 5.54. The highest BCUT2D eigenvalue weighted by molar-refractivity contribution is 6.58. The molecule has 0 aliphatic rings. The van der Waals surface area contributed by atoms with Crippen LogP contribution >= 0.6 is 0 Å². The molecule has 74 valence electrons. The van der Waals surface area contributed by atoms with Gasteiger partial charge in [-0.1, -0.05) is 41.5 Å². The molecule has 0 rings (SSSR count). The number of rotatable bonds is 5. The van der Waals surface area contributed by atoms with Crippen molar-refractivity contribution >= 4 is 8.96 Å². The molecule has 0 aromatic heterocycles. The van der Waals surface area contributed by atoms with Gasteiger partial charge in [0.05, 0.1) is 0 Å². The Bertz CT molecular complexity index is 100. The van der Waals surface area contributed by atoms with Crippen molar-refractivity contribution < 1.29 is 0 Å². The molecule has 0 atom stereocenters. The summed E-state index contributed by atoms with van der Waals surface area (Å²) >= 11 is 0. The van der Waals surface area contributed by atoms with Crippen LogP contribution < -0.4 is 0 Å². The summed E-state index contributed by atoms with van der Waals surface area (Å²) in [7, 11) is -0.662. The predicted octanol–water partition coefficient (Wildman–Crippen LogP) is 2.87. The molecule has 0 fully saturated rings.